The van der Waals surface area contributed by atoms with E-state index >= 15 is 0 Å². The molecule has 1 fully saturated rings. The normalized spacial score (nSPS) is 24.4. The lowest BCUT2D eigenvalue weighted by molar-refractivity contribution is 0.256. The molecule has 0 bridgehead atoms. The number of aryl methyl sites for hydroxylation is 1. The lowest BCUT2D eigenvalue weighted by Gasteiger charge is -2.21. The standard InChI is InChI=1S/C15H21N3S/c1-10-5-13(7-16)9-18(10)8-12-3-4-14-15(6-12)19-11(2)17-14/h3-4,6,10,13H,5,7-9,16H2,1-2H3. The van der Waals surface area contributed by atoms with Crippen LogP contribution in [0.5, 0.6) is 0 Å². The third kappa shape index (κ3) is 2.66. The summed E-state index contributed by atoms with van der Waals surface area (Å²) in [5, 5.41) is 1.14. The summed E-state index contributed by atoms with van der Waals surface area (Å²) in [5.41, 5.74) is 8.31. The molecule has 2 atom stereocenters. The predicted molar refractivity (Wildman–Crippen MR) is 81.4 cm³/mol. The molecular formula is C15H21N3S. The van der Waals surface area contributed by atoms with Crippen molar-refractivity contribution in [2.24, 2.45) is 11.7 Å². The molecule has 2 unspecified atom stereocenters. The van der Waals surface area contributed by atoms with Crippen LogP contribution < -0.4 is 5.73 Å². The van der Waals surface area contributed by atoms with E-state index in [1.165, 1.54) is 16.7 Å². The summed E-state index contributed by atoms with van der Waals surface area (Å²) in [4.78, 5) is 7.06. The molecule has 0 spiro atoms. The third-order valence-corrected chi connectivity index (χ3v) is 5.00. The van der Waals surface area contributed by atoms with Crippen LogP contribution in [0.1, 0.15) is 23.9 Å². The molecule has 1 saturated heterocycles. The monoisotopic (exact) mass is 275 g/mol. The fourth-order valence-corrected chi connectivity index (χ4v) is 3.92. The molecule has 0 radical (unpaired) electrons. The Labute approximate surface area is 118 Å². The van der Waals surface area contributed by atoms with Crippen molar-refractivity contribution in [2.75, 3.05) is 13.1 Å². The third-order valence-electron chi connectivity index (χ3n) is 4.07. The molecule has 2 heterocycles. The zero-order valence-corrected chi connectivity index (χ0v) is 12.4. The highest BCUT2D eigenvalue weighted by Gasteiger charge is 2.27. The Kier molecular flexibility index (Phi) is 3.56. The minimum Gasteiger partial charge on any atom is -0.330 e. The number of nitrogens with two attached hydrogens (primary N) is 1. The first-order valence-corrected chi connectivity index (χ1v) is 7.77. The molecule has 0 amide bonds. The maximum Gasteiger partial charge on any atom is 0.0907 e. The summed E-state index contributed by atoms with van der Waals surface area (Å²) in [7, 11) is 0. The fourth-order valence-electron chi connectivity index (χ4n) is 3.03. The van der Waals surface area contributed by atoms with Crippen molar-refractivity contribution in [3.8, 4) is 0 Å². The SMILES string of the molecule is Cc1nc2ccc(CN3CC(CN)CC3C)cc2s1. The van der Waals surface area contributed by atoms with Gasteiger partial charge >= 0.3 is 0 Å². The Morgan fingerprint density at radius 1 is 1.47 bits per heavy atom. The molecule has 2 aromatic rings. The van der Waals surface area contributed by atoms with Crippen molar-refractivity contribution < 1.29 is 0 Å². The van der Waals surface area contributed by atoms with Crippen LogP contribution >= 0.6 is 11.3 Å². The van der Waals surface area contributed by atoms with Crippen LogP contribution in [0.4, 0.5) is 0 Å². The van der Waals surface area contributed by atoms with Crippen LogP contribution in [-0.2, 0) is 6.54 Å². The second kappa shape index (κ2) is 5.19. The number of benzene rings is 1. The number of nitrogens with zero attached hydrogens (tertiary/aromatic N) is 2. The van der Waals surface area contributed by atoms with Gasteiger partial charge in [-0.05, 0) is 50.4 Å². The highest BCUT2D eigenvalue weighted by atomic mass is 32.1. The number of likely N-dealkylation sites (tertiary alicyclic amines) is 1. The molecule has 1 aliphatic rings. The van der Waals surface area contributed by atoms with Gasteiger partial charge in [-0.15, -0.1) is 11.3 Å². The summed E-state index contributed by atoms with van der Waals surface area (Å²) >= 11 is 1.78. The smallest absolute Gasteiger partial charge is 0.0907 e. The van der Waals surface area contributed by atoms with Crippen molar-refractivity contribution in [3.63, 3.8) is 0 Å². The summed E-state index contributed by atoms with van der Waals surface area (Å²) in [6.07, 6.45) is 1.23. The number of hydrogen-bond acceptors (Lipinski definition) is 4. The van der Waals surface area contributed by atoms with Gasteiger partial charge in [0.05, 0.1) is 15.2 Å². The minimum atomic E-state index is 0.646. The van der Waals surface area contributed by atoms with E-state index in [1.807, 2.05) is 0 Å². The molecule has 1 aromatic carbocycles. The molecule has 0 saturated carbocycles. The Bertz CT molecular complexity index is 578. The van der Waals surface area contributed by atoms with Gasteiger partial charge in [-0.1, -0.05) is 6.07 Å². The second-order valence-corrected chi connectivity index (χ2v) is 6.89. The van der Waals surface area contributed by atoms with Gasteiger partial charge in [0.1, 0.15) is 0 Å². The van der Waals surface area contributed by atoms with Crippen LogP contribution in [0.25, 0.3) is 10.2 Å². The Morgan fingerprint density at radius 2 is 2.32 bits per heavy atom. The number of thiazole rings is 1. The average molecular weight is 275 g/mol. The van der Waals surface area contributed by atoms with Gasteiger partial charge in [0.15, 0.2) is 0 Å². The molecule has 3 rings (SSSR count). The number of aromatic nitrogens is 1. The number of fused-ring (bicyclic) bond motifs is 1. The fraction of sp³-hybridized carbons (Fsp3) is 0.533. The van der Waals surface area contributed by atoms with Crippen LogP contribution in [0.2, 0.25) is 0 Å². The molecular weight excluding hydrogens is 254 g/mol. The largest absolute Gasteiger partial charge is 0.330 e. The van der Waals surface area contributed by atoms with E-state index in [-0.39, 0.29) is 0 Å². The van der Waals surface area contributed by atoms with Crippen LogP contribution in [0.3, 0.4) is 0 Å². The lowest BCUT2D eigenvalue weighted by Crippen LogP contribution is -2.27. The van der Waals surface area contributed by atoms with E-state index in [2.05, 4.69) is 41.9 Å². The maximum atomic E-state index is 5.80. The van der Waals surface area contributed by atoms with Crippen LogP contribution in [-0.4, -0.2) is 29.0 Å². The van der Waals surface area contributed by atoms with Gasteiger partial charge in [-0.25, -0.2) is 4.98 Å². The summed E-state index contributed by atoms with van der Waals surface area (Å²) in [6.45, 7) is 7.36. The summed E-state index contributed by atoms with van der Waals surface area (Å²) < 4.78 is 1.30. The Hall–Kier alpha value is -0.970. The molecule has 1 aliphatic heterocycles. The van der Waals surface area contributed by atoms with Crippen LogP contribution in [0, 0.1) is 12.8 Å². The number of hydrogen-bond donors (Lipinski definition) is 1. The first-order chi connectivity index (χ1) is 9.15. The summed E-state index contributed by atoms with van der Waals surface area (Å²) in [5.74, 6) is 0.671. The zero-order chi connectivity index (χ0) is 13.4. The molecule has 3 nitrogen and oxygen atoms in total. The molecule has 0 aliphatic carbocycles. The van der Waals surface area contributed by atoms with Crippen molar-refractivity contribution in [3.05, 3.63) is 28.8 Å². The molecule has 2 N–H and O–H groups in total. The van der Waals surface area contributed by atoms with Gasteiger partial charge in [0.25, 0.3) is 0 Å². The minimum absolute atomic E-state index is 0.646. The quantitative estimate of drug-likeness (QED) is 0.936. The van der Waals surface area contributed by atoms with Crippen LogP contribution in [0.15, 0.2) is 18.2 Å². The lowest BCUT2D eigenvalue weighted by atomic mass is 10.1. The van der Waals surface area contributed by atoms with Gasteiger partial charge in [-0.3, -0.25) is 4.90 Å². The highest BCUT2D eigenvalue weighted by molar-refractivity contribution is 7.18. The van der Waals surface area contributed by atoms with Crippen molar-refractivity contribution in [1.29, 1.82) is 0 Å². The first kappa shape index (κ1) is 13.0. The van der Waals surface area contributed by atoms with Gasteiger partial charge in [0, 0.05) is 19.1 Å². The summed E-state index contributed by atoms with van der Waals surface area (Å²) in [6, 6.07) is 7.30. The van der Waals surface area contributed by atoms with E-state index in [1.54, 1.807) is 11.3 Å². The number of rotatable bonds is 3. The highest BCUT2D eigenvalue weighted by Crippen LogP contribution is 2.27. The molecule has 19 heavy (non-hydrogen) atoms. The Balaban J connectivity index is 1.77. The van der Waals surface area contributed by atoms with E-state index in [0.29, 0.717) is 12.0 Å². The Morgan fingerprint density at radius 3 is 3.05 bits per heavy atom. The van der Waals surface area contributed by atoms with E-state index < -0.39 is 0 Å². The van der Waals surface area contributed by atoms with Crippen molar-refractivity contribution >= 4 is 21.6 Å². The van der Waals surface area contributed by atoms with E-state index in [4.69, 9.17) is 5.73 Å². The van der Waals surface area contributed by atoms with Gasteiger partial charge in [-0.2, -0.15) is 0 Å². The molecule has 1 aromatic heterocycles. The van der Waals surface area contributed by atoms with E-state index in [0.717, 1.165) is 30.2 Å². The topological polar surface area (TPSA) is 42.2 Å². The predicted octanol–water partition coefficient (Wildman–Crippen LogP) is 2.77. The molecule has 4 heteroatoms. The first-order valence-electron chi connectivity index (χ1n) is 6.96. The van der Waals surface area contributed by atoms with Crippen molar-refractivity contribution in [1.82, 2.24) is 9.88 Å². The van der Waals surface area contributed by atoms with Gasteiger partial charge in [0.2, 0.25) is 0 Å². The zero-order valence-electron chi connectivity index (χ0n) is 11.6. The van der Waals surface area contributed by atoms with E-state index in [9.17, 15) is 0 Å². The molecule has 102 valence electrons. The van der Waals surface area contributed by atoms with Crippen molar-refractivity contribution in [2.45, 2.75) is 32.9 Å². The van der Waals surface area contributed by atoms with Gasteiger partial charge < -0.3 is 5.73 Å². The maximum absolute atomic E-state index is 5.80. The average Bonchev–Trinajstić information content (AvgIpc) is 2.91. The second-order valence-electron chi connectivity index (χ2n) is 5.65.